The molecule has 0 aliphatic heterocycles. The van der Waals surface area contributed by atoms with E-state index < -0.39 is 23.6 Å². The zero-order valence-corrected chi connectivity index (χ0v) is 13.3. The normalized spacial score (nSPS) is 14.5. The van der Waals surface area contributed by atoms with Gasteiger partial charge in [-0.15, -0.1) is 0 Å². The van der Waals surface area contributed by atoms with E-state index in [2.05, 4.69) is 0 Å². The van der Waals surface area contributed by atoms with Gasteiger partial charge in [-0.1, -0.05) is 42.5 Å². The van der Waals surface area contributed by atoms with Crippen LogP contribution in [0.2, 0.25) is 0 Å². The quantitative estimate of drug-likeness (QED) is 0.749. The average Bonchev–Trinajstić information content (AvgIpc) is 2.54. The Morgan fingerprint density at radius 2 is 1.50 bits per heavy atom. The molecule has 3 N–H and O–H groups in total. The van der Waals surface area contributed by atoms with Crippen molar-refractivity contribution >= 4 is 11.9 Å². The number of aliphatic carboxylic acids is 2. The number of aliphatic hydroxyl groups is 1. The number of benzene rings is 2. The number of carboxylic acids is 2. The molecule has 126 valence electrons. The van der Waals surface area contributed by atoms with Crippen molar-refractivity contribution < 1.29 is 29.6 Å². The van der Waals surface area contributed by atoms with Crippen LogP contribution in [-0.2, 0) is 15.2 Å². The van der Waals surface area contributed by atoms with E-state index >= 15 is 0 Å². The third-order valence-corrected chi connectivity index (χ3v) is 3.85. The number of rotatable bonds is 6. The molecule has 0 radical (unpaired) electrons. The van der Waals surface area contributed by atoms with Crippen LogP contribution in [-0.4, -0.2) is 33.4 Å². The zero-order chi connectivity index (χ0) is 17.9. The lowest BCUT2D eigenvalue weighted by Crippen LogP contribution is -2.55. The molecule has 0 aromatic heterocycles. The van der Waals surface area contributed by atoms with Gasteiger partial charge in [-0.05, 0) is 31.0 Å². The third kappa shape index (κ3) is 2.96. The summed E-state index contributed by atoms with van der Waals surface area (Å²) >= 11 is 0. The standard InChI is InChI=1S/C18H18O6/c1-11-7-3-5-9-13(11)18(17(22)23,15(19)16(20)21)24-14-10-6-4-8-12(14)2/h3-10,15,19H,1-2H3,(H,20,21)(H,22,23)/t15-,18+/m0/s1. The molecule has 2 atom stereocenters. The van der Waals surface area contributed by atoms with Crippen molar-refractivity contribution in [1.29, 1.82) is 0 Å². The maximum absolute atomic E-state index is 12.1. The molecular formula is C18H18O6. The molecule has 24 heavy (non-hydrogen) atoms. The minimum Gasteiger partial charge on any atom is -0.479 e. The van der Waals surface area contributed by atoms with Crippen molar-refractivity contribution in [2.45, 2.75) is 25.6 Å². The fraction of sp³-hybridized carbons (Fsp3) is 0.222. The van der Waals surface area contributed by atoms with Gasteiger partial charge in [0.2, 0.25) is 6.10 Å². The summed E-state index contributed by atoms with van der Waals surface area (Å²) in [6.45, 7) is 3.33. The largest absolute Gasteiger partial charge is 0.479 e. The summed E-state index contributed by atoms with van der Waals surface area (Å²) in [5.41, 5.74) is -1.28. The maximum atomic E-state index is 12.1. The van der Waals surface area contributed by atoms with Crippen LogP contribution in [0.25, 0.3) is 0 Å². The molecule has 0 aliphatic carbocycles. The van der Waals surface area contributed by atoms with Gasteiger partial charge in [-0.2, -0.15) is 0 Å². The van der Waals surface area contributed by atoms with Gasteiger partial charge in [0.1, 0.15) is 5.75 Å². The number of aliphatic hydroxyl groups excluding tert-OH is 1. The molecule has 0 saturated heterocycles. The van der Waals surface area contributed by atoms with E-state index in [0.717, 1.165) is 0 Å². The first kappa shape index (κ1) is 17.5. The van der Waals surface area contributed by atoms with Gasteiger partial charge in [0.05, 0.1) is 0 Å². The topological polar surface area (TPSA) is 104 Å². The lowest BCUT2D eigenvalue weighted by Gasteiger charge is -2.34. The lowest BCUT2D eigenvalue weighted by molar-refractivity contribution is -0.180. The Kier molecular flexibility index (Phi) is 4.90. The minimum absolute atomic E-state index is 0.0793. The molecule has 6 heteroatoms. The van der Waals surface area contributed by atoms with Crippen LogP contribution >= 0.6 is 0 Å². The first-order valence-corrected chi connectivity index (χ1v) is 7.25. The van der Waals surface area contributed by atoms with E-state index in [9.17, 15) is 24.9 Å². The van der Waals surface area contributed by atoms with Crippen molar-refractivity contribution in [2.75, 3.05) is 0 Å². The van der Waals surface area contributed by atoms with Gasteiger partial charge in [0.25, 0.3) is 5.60 Å². The predicted molar refractivity (Wildman–Crippen MR) is 85.9 cm³/mol. The van der Waals surface area contributed by atoms with Crippen LogP contribution in [0.5, 0.6) is 5.75 Å². The summed E-state index contributed by atoms with van der Waals surface area (Å²) in [5.74, 6) is -3.09. The van der Waals surface area contributed by atoms with Crippen LogP contribution in [0, 0.1) is 13.8 Å². The number of carboxylic acid groups (broad SMARTS) is 2. The Morgan fingerprint density at radius 1 is 0.958 bits per heavy atom. The molecule has 6 nitrogen and oxygen atoms in total. The van der Waals surface area contributed by atoms with E-state index in [1.165, 1.54) is 12.1 Å². The molecule has 0 fully saturated rings. The molecule has 0 spiro atoms. The number of para-hydroxylation sites is 1. The van der Waals surface area contributed by atoms with Gasteiger partial charge in [-0.3, -0.25) is 0 Å². The van der Waals surface area contributed by atoms with Crippen molar-refractivity contribution in [3.8, 4) is 5.75 Å². The molecule has 2 rings (SSSR count). The van der Waals surface area contributed by atoms with Crippen LogP contribution in [0.3, 0.4) is 0 Å². The number of ether oxygens (including phenoxy) is 1. The monoisotopic (exact) mass is 330 g/mol. The third-order valence-electron chi connectivity index (χ3n) is 3.85. The Morgan fingerprint density at radius 3 is 2.00 bits per heavy atom. The summed E-state index contributed by atoms with van der Waals surface area (Å²) < 4.78 is 5.65. The maximum Gasteiger partial charge on any atom is 0.356 e. The first-order valence-electron chi connectivity index (χ1n) is 7.25. The van der Waals surface area contributed by atoms with E-state index in [1.807, 2.05) is 0 Å². The Hall–Kier alpha value is -2.86. The highest BCUT2D eigenvalue weighted by Crippen LogP contribution is 2.35. The van der Waals surface area contributed by atoms with Crippen LogP contribution in [0.1, 0.15) is 16.7 Å². The fourth-order valence-electron chi connectivity index (χ4n) is 2.54. The number of aryl methyl sites for hydroxylation is 2. The van der Waals surface area contributed by atoms with Gasteiger partial charge >= 0.3 is 11.9 Å². The molecule has 0 amide bonds. The smallest absolute Gasteiger partial charge is 0.356 e. The molecule has 0 bridgehead atoms. The second kappa shape index (κ2) is 6.72. The lowest BCUT2D eigenvalue weighted by atomic mass is 9.84. The zero-order valence-electron chi connectivity index (χ0n) is 13.3. The van der Waals surface area contributed by atoms with Crippen molar-refractivity contribution in [3.63, 3.8) is 0 Å². The average molecular weight is 330 g/mol. The Labute approximate surface area is 138 Å². The highest BCUT2D eigenvalue weighted by Gasteiger charge is 2.54. The first-order chi connectivity index (χ1) is 11.3. The van der Waals surface area contributed by atoms with Gasteiger partial charge in [0, 0.05) is 5.56 Å². The summed E-state index contributed by atoms with van der Waals surface area (Å²) in [7, 11) is 0. The second-order valence-electron chi connectivity index (χ2n) is 5.46. The second-order valence-corrected chi connectivity index (χ2v) is 5.46. The highest BCUT2D eigenvalue weighted by molar-refractivity contribution is 5.89. The molecule has 2 aromatic rings. The molecule has 0 unspecified atom stereocenters. The van der Waals surface area contributed by atoms with Crippen LogP contribution < -0.4 is 4.74 Å². The molecule has 0 aliphatic rings. The fourth-order valence-corrected chi connectivity index (χ4v) is 2.54. The van der Waals surface area contributed by atoms with E-state index in [4.69, 9.17) is 4.74 Å². The number of hydrogen-bond acceptors (Lipinski definition) is 4. The molecular weight excluding hydrogens is 312 g/mol. The van der Waals surface area contributed by atoms with Crippen molar-refractivity contribution in [1.82, 2.24) is 0 Å². The Bertz CT molecular complexity index is 770. The van der Waals surface area contributed by atoms with Gasteiger partial charge < -0.3 is 20.1 Å². The van der Waals surface area contributed by atoms with Crippen LogP contribution in [0.15, 0.2) is 48.5 Å². The summed E-state index contributed by atoms with van der Waals surface area (Å²) in [4.78, 5) is 23.5. The highest BCUT2D eigenvalue weighted by atomic mass is 16.5. The molecule has 0 saturated carbocycles. The summed E-state index contributed by atoms with van der Waals surface area (Å²) in [5, 5.41) is 29.3. The van der Waals surface area contributed by atoms with Crippen molar-refractivity contribution in [2.24, 2.45) is 0 Å². The summed E-state index contributed by atoms with van der Waals surface area (Å²) in [6.07, 6.45) is -2.30. The number of hydrogen-bond donors (Lipinski definition) is 3. The van der Waals surface area contributed by atoms with Gasteiger partial charge in [0.15, 0.2) is 0 Å². The molecule has 0 heterocycles. The minimum atomic E-state index is -2.47. The number of carbonyl (C=O) groups is 2. The van der Waals surface area contributed by atoms with Crippen LogP contribution in [0.4, 0.5) is 0 Å². The summed E-state index contributed by atoms with van der Waals surface area (Å²) in [6, 6.07) is 12.9. The van der Waals surface area contributed by atoms with E-state index in [1.54, 1.807) is 50.2 Å². The van der Waals surface area contributed by atoms with E-state index in [0.29, 0.717) is 11.1 Å². The Balaban J connectivity index is 2.72. The molecule has 2 aromatic carbocycles. The SMILES string of the molecule is Cc1ccccc1O[C@](C(=O)O)(c1ccccc1C)[C@@H](O)C(=O)O. The van der Waals surface area contributed by atoms with Gasteiger partial charge in [-0.25, -0.2) is 9.59 Å². The van der Waals surface area contributed by atoms with Crippen molar-refractivity contribution in [3.05, 3.63) is 65.2 Å². The van der Waals surface area contributed by atoms with E-state index in [-0.39, 0.29) is 11.3 Å². The predicted octanol–water partition coefficient (Wildman–Crippen LogP) is 2.11.